The molecule has 0 radical (unpaired) electrons. The Morgan fingerprint density at radius 3 is 2.36 bits per heavy atom. The minimum absolute atomic E-state index is 0. The van der Waals surface area contributed by atoms with E-state index in [9.17, 15) is 12.8 Å². The van der Waals surface area contributed by atoms with Crippen LogP contribution in [0.5, 0.6) is 0 Å². The molecule has 0 amide bonds. The SMILES string of the molecule is CC(C)S(=O)(=O)c1ccc(-c2cnc(N)c(/C(F)=C/c3ccccc3)n2)cc1.[HH].[HH]. The lowest BCUT2D eigenvalue weighted by Crippen LogP contribution is -2.13. The van der Waals surface area contributed by atoms with Gasteiger partial charge in [0.05, 0.1) is 22.0 Å². The molecule has 28 heavy (non-hydrogen) atoms. The molecular formula is C21H24FN3O2S. The van der Waals surface area contributed by atoms with E-state index < -0.39 is 20.9 Å². The predicted molar refractivity (Wildman–Crippen MR) is 114 cm³/mol. The average Bonchev–Trinajstić information content (AvgIpc) is 2.69. The molecule has 0 aliphatic heterocycles. The number of nitrogens with zero attached hydrogens (tertiary/aromatic N) is 2. The average molecular weight is 402 g/mol. The van der Waals surface area contributed by atoms with Crippen molar-refractivity contribution in [2.45, 2.75) is 24.0 Å². The van der Waals surface area contributed by atoms with Crippen molar-refractivity contribution in [3.8, 4) is 11.3 Å². The highest BCUT2D eigenvalue weighted by atomic mass is 32.2. The molecule has 3 aromatic rings. The number of nitrogens with two attached hydrogens (primary N) is 1. The summed E-state index contributed by atoms with van der Waals surface area (Å²) in [5, 5.41) is -0.515. The first-order valence-electron chi connectivity index (χ1n) is 8.68. The molecule has 2 aromatic carbocycles. The summed E-state index contributed by atoms with van der Waals surface area (Å²) in [5.74, 6) is -0.621. The summed E-state index contributed by atoms with van der Waals surface area (Å²) in [6, 6.07) is 15.2. The molecule has 148 valence electrons. The van der Waals surface area contributed by atoms with Gasteiger partial charge in [0.2, 0.25) is 0 Å². The van der Waals surface area contributed by atoms with Crippen molar-refractivity contribution in [2.75, 3.05) is 5.73 Å². The lowest BCUT2D eigenvalue weighted by molar-refractivity contribution is 0.587. The molecule has 0 fully saturated rings. The third-order valence-corrected chi connectivity index (χ3v) is 6.39. The molecular weight excluding hydrogens is 377 g/mol. The Bertz CT molecular complexity index is 1120. The molecule has 0 aliphatic carbocycles. The van der Waals surface area contributed by atoms with Crippen molar-refractivity contribution >= 4 is 27.6 Å². The van der Waals surface area contributed by atoms with Gasteiger partial charge in [0, 0.05) is 8.42 Å². The van der Waals surface area contributed by atoms with Crippen LogP contribution in [-0.4, -0.2) is 23.6 Å². The topological polar surface area (TPSA) is 85.9 Å². The number of nitrogen functional groups attached to an aromatic ring is 1. The van der Waals surface area contributed by atoms with Gasteiger partial charge in [0.1, 0.15) is 5.69 Å². The minimum Gasteiger partial charge on any atom is -0.382 e. The molecule has 5 nitrogen and oxygen atoms in total. The quantitative estimate of drug-likeness (QED) is 0.659. The van der Waals surface area contributed by atoms with E-state index in [1.54, 1.807) is 50.2 Å². The maximum atomic E-state index is 14.7. The fraction of sp³-hybridized carbons (Fsp3) is 0.143. The smallest absolute Gasteiger partial charge is 0.180 e. The Labute approximate surface area is 166 Å². The van der Waals surface area contributed by atoms with Gasteiger partial charge in [-0.3, -0.25) is 0 Å². The van der Waals surface area contributed by atoms with Crippen LogP contribution >= 0.6 is 0 Å². The van der Waals surface area contributed by atoms with Crippen LogP contribution in [0.15, 0.2) is 65.7 Å². The summed E-state index contributed by atoms with van der Waals surface area (Å²) >= 11 is 0. The number of hydrogen-bond donors (Lipinski definition) is 1. The second kappa shape index (κ2) is 7.90. The standard InChI is InChI=1S/C21H20FN3O2S.2H2/c1-14(2)28(26,27)17-10-8-16(9-11-17)19-13-24-21(23)20(25-19)18(22)12-15-6-4-3-5-7-15;;/h3-14H,1-2H3,(H2,23,24);2*1H/b18-12-;;. The zero-order chi connectivity index (χ0) is 20.3. The van der Waals surface area contributed by atoms with E-state index in [0.717, 1.165) is 0 Å². The fourth-order valence-corrected chi connectivity index (χ4v) is 3.62. The molecule has 0 spiro atoms. The van der Waals surface area contributed by atoms with E-state index in [1.165, 1.54) is 24.4 Å². The fourth-order valence-electron chi connectivity index (χ4n) is 2.56. The minimum atomic E-state index is -3.36. The Morgan fingerprint density at radius 2 is 1.75 bits per heavy atom. The third-order valence-electron chi connectivity index (χ3n) is 4.22. The van der Waals surface area contributed by atoms with Gasteiger partial charge in [-0.15, -0.1) is 0 Å². The maximum Gasteiger partial charge on any atom is 0.180 e. The van der Waals surface area contributed by atoms with Crippen LogP contribution in [0.4, 0.5) is 10.2 Å². The van der Waals surface area contributed by atoms with Crippen molar-refractivity contribution in [1.29, 1.82) is 0 Å². The number of hydrogen-bond acceptors (Lipinski definition) is 5. The summed E-state index contributed by atoms with van der Waals surface area (Å²) in [6.45, 7) is 3.26. The van der Waals surface area contributed by atoms with E-state index in [-0.39, 0.29) is 19.3 Å². The normalized spacial score (nSPS) is 12.4. The third kappa shape index (κ3) is 4.09. The first-order valence-corrected chi connectivity index (χ1v) is 10.2. The van der Waals surface area contributed by atoms with Crippen molar-refractivity contribution in [2.24, 2.45) is 0 Å². The van der Waals surface area contributed by atoms with Crippen LogP contribution in [-0.2, 0) is 9.84 Å². The summed E-state index contributed by atoms with van der Waals surface area (Å²) in [7, 11) is -3.36. The monoisotopic (exact) mass is 401 g/mol. The van der Waals surface area contributed by atoms with Crippen molar-refractivity contribution in [3.05, 3.63) is 72.1 Å². The van der Waals surface area contributed by atoms with Gasteiger partial charge < -0.3 is 5.73 Å². The van der Waals surface area contributed by atoms with Crippen molar-refractivity contribution < 1.29 is 15.7 Å². The van der Waals surface area contributed by atoms with Gasteiger partial charge in [-0.2, -0.15) is 0 Å². The Kier molecular flexibility index (Phi) is 5.56. The van der Waals surface area contributed by atoms with Gasteiger partial charge in [-0.25, -0.2) is 22.8 Å². The van der Waals surface area contributed by atoms with E-state index in [1.807, 2.05) is 6.07 Å². The zero-order valence-electron chi connectivity index (χ0n) is 15.5. The zero-order valence-corrected chi connectivity index (χ0v) is 16.3. The van der Waals surface area contributed by atoms with Gasteiger partial charge in [-0.1, -0.05) is 42.5 Å². The highest BCUT2D eigenvalue weighted by molar-refractivity contribution is 7.92. The highest BCUT2D eigenvalue weighted by Gasteiger charge is 2.19. The Hall–Kier alpha value is -3.06. The van der Waals surface area contributed by atoms with Crippen LogP contribution in [0.25, 0.3) is 23.2 Å². The van der Waals surface area contributed by atoms with E-state index in [0.29, 0.717) is 16.8 Å². The number of aromatic nitrogens is 2. The van der Waals surface area contributed by atoms with Crippen molar-refractivity contribution in [3.63, 3.8) is 0 Å². The van der Waals surface area contributed by atoms with Crippen LogP contribution < -0.4 is 5.73 Å². The largest absolute Gasteiger partial charge is 0.382 e. The Morgan fingerprint density at radius 1 is 1.11 bits per heavy atom. The number of sulfone groups is 1. The lowest BCUT2D eigenvalue weighted by atomic mass is 10.1. The highest BCUT2D eigenvalue weighted by Crippen LogP contribution is 2.26. The van der Waals surface area contributed by atoms with Gasteiger partial charge in [0.15, 0.2) is 21.5 Å². The Balaban J connectivity index is 0.00000225. The van der Waals surface area contributed by atoms with Gasteiger partial charge in [0.25, 0.3) is 0 Å². The molecule has 7 heteroatoms. The van der Waals surface area contributed by atoms with Crippen LogP contribution in [0.3, 0.4) is 0 Å². The molecule has 0 aliphatic rings. The number of benzene rings is 2. The molecule has 0 saturated heterocycles. The molecule has 0 bridgehead atoms. The first-order chi connectivity index (χ1) is 13.3. The van der Waals surface area contributed by atoms with E-state index >= 15 is 0 Å². The summed E-state index contributed by atoms with van der Waals surface area (Å²) in [4.78, 5) is 8.55. The van der Waals surface area contributed by atoms with Crippen molar-refractivity contribution in [1.82, 2.24) is 9.97 Å². The molecule has 1 heterocycles. The molecule has 1 aromatic heterocycles. The molecule has 0 atom stereocenters. The maximum absolute atomic E-state index is 14.7. The predicted octanol–water partition coefficient (Wildman–Crippen LogP) is 4.87. The number of rotatable bonds is 5. The van der Waals surface area contributed by atoms with Crippen LogP contribution in [0, 0.1) is 0 Å². The first kappa shape index (κ1) is 19.7. The van der Waals surface area contributed by atoms with Gasteiger partial charge >= 0.3 is 0 Å². The van der Waals surface area contributed by atoms with E-state index in [4.69, 9.17) is 5.73 Å². The molecule has 2 N–H and O–H groups in total. The van der Waals surface area contributed by atoms with Crippen LogP contribution in [0.1, 0.15) is 28.0 Å². The molecule has 0 unspecified atom stereocenters. The van der Waals surface area contributed by atoms with Crippen LogP contribution in [0.2, 0.25) is 0 Å². The second-order valence-corrected chi connectivity index (χ2v) is 9.01. The molecule has 0 saturated carbocycles. The lowest BCUT2D eigenvalue weighted by Gasteiger charge is -2.09. The summed E-state index contributed by atoms with van der Waals surface area (Å²) in [5.41, 5.74) is 7.44. The summed E-state index contributed by atoms with van der Waals surface area (Å²) in [6.07, 6.45) is 2.77. The molecule has 3 rings (SSSR count). The van der Waals surface area contributed by atoms with Gasteiger partial charge in [-0.05, 0) is 37.6 Å². The second-order valence-electron chi connectivity index (χ2n) is 6.51. The number of halogens is 1. The number of anilines is 1. The van der Waals surface area contributed by atoms with E-state index in [2.05, 4.69) is 9.97 Å². The summed E-state index contributed by atoms with van der Waals surface area (Å²) < 4.78 is 39.2.